The average molecular weight is 194 g/mol. The van der Waals surface area contributed by atoms with E-state index in [1.165, 1.54) is 18.3 Å². The molecule has 0 saturated heterocycles. The summed E-state index contributed by atoms with van der Waals surface area (Å²) in [6.07, 6.45) is 0. The van der Waals surface area contributed by atoms with Gasteiger partial charge in [0.25, 0.3) is 0 Å². The van der Waals surface area contributed by atoms with Crippen molar-refractivity contribution < 1.29 is 9.53 Å². The van der Waals surface area contributed by atoms with E-state index in [0.29, 0.717) is 10.1 Å². The molecule has 3 nitrogen and oxygen atoms in total. The summed E-state index contributed by atoms with van der Waals surface area (Å²) in [6, 6.07) is 3.37. The van der Waals surface area contributed by atoms with E-state index in [-0.39, 0.29) is 18.4 Å². The van der Waals surface area contributed by atoms with Crippen LogP contribution in [0.25, 0.3) is 0 Å². The second-order valence-corrected chi connectivity index (χ2v) is 2.83. The molecule has 0 atom stereocenters. The van der Waals surface area contributed by atoms with Crippen molar-refractivity contribution >= 4 is 34.7 Å². The van der Waals surface area contributed by atoms with Crippen LogP contribution in [0.3, 0.4) is 0 Å². The van der Waals surface area contributed by atoms with E-state index in [4.69, 9.17) is 10.5 Å². The molecule has 0 aliphatic heterocycles. The Bertz CT molecular complexity index is 248. The van der Waals surface area contributed by atoms with Crippen LogP contribution in [0.1, 0.15) is 6.92 Å². The maximum atomic E-state index is 10.4. The minimum atomic E-state index is -0.318. The van der Waals surface area contributed by atoms with Crippen molar-refractivity contribution in [3.05, 3.63) is 12.1 Å². The van der Waals surface area contributed by atoms with Gasteiger partial charge in [0, 0.05) is 6.92 Å². The van der Waals surface area contributed by atoms with Crippen molar-refractivity contribution in [1.29, 1.82) is 0 Å². The van der Waals surface area contributed by atoms with Crippen molar-refractivity contribution in [3.8, 4) is 5.06 Å². The molecule has 5 heteroatoms. The number of carbonyl (C=O) groups excluding carboxylic acids is 1. The summed E-state index contributed by atoms with van der Waals surface area (Å²) < 4.78 is 4.73. The fourth-order valence-corrected chi connectivity index (χ4v) is 1.19. The summed E-state index contributed by atoms with van der Waals surface area (Å²) in [4.78, 5) is 10.4. The number of nitrogen functional groups attached to an aromatic ring is 1. The first-order chi connectivity index (χ1) is 4.68. The molecule has 1 rings (SSSR count). The second-order valence-electron chi connectivity index (χ2n) is 1.75. The number of carbonyl (C=O) groups is 1. The number of anilines is 1. The molecule has 0 aliphatic rings. The average Bonchev–Trinajstić information content (AvgIpc) is 2.13. The van der Waals surface area contributed by atoms with Crippen molar-refractivity contribution in [2.24, 2.45) is 0 Å². The van der Waals surface area contributed by atoms with E-state index in [1.807, 2.05) is 0 Å². The topological polar surface area (TPSA) is 52.3 Å². The van der Waals surface area contributed by atoms with Crippen LogP contribution in [0.15, 0.2) is 12.1 Å². The third-order valence-electron chi connectivity index (χ3n) is 0.846. The number of hydrogen-bond donors (Lipinski definition) is 1. The molecule has 0 aliphatic carbocycles. The first kappa shape index (κ1) is 10.3. The maximum Gasteiger partial charge on any atom is 0.308 e. The number of thiophene rings is 1. The Morgan fingerprint density at radius 1 is 1.64 bits per heavy atom. The Labute approximate surface area is 74.6 Å². The van der Waals surface area contributed by atoms with Gasteiger partial charge in [0.05, 0.1) is 5.00 Å². The Kier molecular flexibility index (Phi) is 3.92. The standard InChI is InChI=1S/C6H7NO2S.ClH/c1-4(8)9-6-3-2-5(7)10-6;/h2-3H,7H2,1H3;1H. The summed E-state index contributed by atoms with van der Waals surface area (Å²) in [5.74, 6) is -0.318. The number of hydrogen-bond acceptors (Lipinski definition) is 4. The predicted molar refractivity (Wildman–Crippen MR) is 47.3 cm³/mol. The Morgan fingerprint density at radius 3 is 2.64 bits per heavy atom. The highest BCUT2D eigenvalue weighted by Gasteiger charge is 1.99. The van der Waals surface area contributed by atoms with Crippen LogP contribution in [0.5, 0.6) is 5.06 Å². The normalized spacial score (nSPS) is 8.45. The van der Waals surface area contributed by atoms with Crippen LogP contribution in [0.2, 0.25) is 0 Å². The fourth-order valence-electron chi connectivity index (χ4n) is 0.531. The smallest absolute Gasteiger partial charge is 0.308 e. The zero-order valence-corrected chi connectivity index (χ0v) is 7.50. The summed E-state index contributed by atoms with van der Waals surface area (Å²) in [6.45, 7) is 1.36. The molecule has 0 amide bonds. The molecule has 1 heterocycles. The minimum Gasteiger partial charge on any atom is -0.416 e. The molecule has 1 aromatic rings. The van der Waals surface area contributed by atoms with E-state index in [2.05, 4.69) is 0 Å². The third-order valence-corrected chi connectivity index (χ3v) is 1.64. The highest BCUT2D eigenvalue weighted by molar-refractivity contribution is 7.17. The van der Waals surface area contributed by atoms with Gasteiger partial charge in [0.2, 0.25) is 0 Å². The van der Waals surface area contributed by atoms with Gasteiger partial charge < -0.3 is 10.5 Å². The second kappa shape index (κ2) is 4.20. The van der Waals surface area contributed by atoms with Gasteiger partial charge in [-0.2, -0.15) is 0 Å². The van der Waals surface area contributed by atoms with Gasteiger partial charge in [0.15, 0.2) is 5.06 Å². The molecular weight excluding hydrogens is 186 g/mol. The van der Waals surface area contributed by atoms with Gasteiger partial charge >= 0.3 is 5.97 Å². The van der Waals surface area contributed by atoms with Crippen molar-refractivity contribution in [3.63, 3.8) is 0 Å². The van der Waals surface area contributed by atoms with Crippen molar-refractivity contribution in [2.45, 2.75) is 6.92 Å². The lowest BCUT2D eigenvalue weighted by molar-refractivity contribution is -0.131. The lowest BCUT2D eigenvalue weighted by Gasteiger charge is -1.92. The molecule has 0 bridgehead atoms. The fraction of sp³-hybridized carbons (Fsp3) is 0.167. The zero-order valence-electron chi connectivity index (χ0n) is 5.87. The van der Waals surface area contributed by atoms with Crippen LogP contribution in [-0.4, -0.2) is 5.97 Å². The lowest BCUT2D eigenvalue weighted by atomic mass is 10.6. The van der Waals surface area contributed by atoms with Gasteiger partial charge in [-0.05, 0) is 12.1 Å². The zero-order chi connectivity index (χ0) is 7.56. The maximum absolute atomic E-state index is 10.4. The summed E-state index contributed by atoms with van der Waals surface area (Å²) in [7, 11) is 0. The minimum absolute atomic E-state index is 0. The number of nitrogens with two attached hydrogens (primary N) is 1. The highest BCUT2D eigenvalue weighted by Crippen LogP contribution is 2.25. The molecule has 0 fully saturated rings. The SMILES string of the molecule is CC(=O)Oc1ccc(N)s1.Cl. The predicted octanol–water partition coefficient (Wildman–Crippen LogP) is 1.68. The van der Waals surface area contributed by atoms with Crippen LogP contribution < -0.4 is 10.5 Å². The van der Waals surface area contributed by atoms with Crippen LogP contribution in [0, 0.1) is 0 Å². The van der Waals surface area contributed by atoms with Gasteiger partial charge in [-0.15, -0.1) is 12.4 Å². The van der Waals surface area contributed by atoms with E-state index in [9.17, 15) is 4.79 Å². The third kappa shape index (κ3) is 3.25. The molecule has 62 valence electrons. The van der Waals surface area contributed by atoms with E-state index < -0.39 is 0 Å². The van der Waals surface area contributed by atoms with Gasteiger partial charge in [-0.3, -0.25) is 4.79 Å². The van der Waals surface area contributed by atoms with Crippen LogP contribution >= 0.6 is 23.7 Å². The van der Waals surface area contributed by atoms with E-state index >= 15 is 0 Å². The first-order valence-corrected chi connectivity index (χ1v) is 3.54. The molecule has 0 radical (unpaired) electrons. The Balaban J connectivity index is 0.000001000. The molecule has 0 aromatic carbocycles. The van der Waals surface area contributed by atoms with E-state index in [1.54, 1.807) is 12.1 Å². The quantitative estimate of drug-likeness (QED) is 0.691. The van der Waals surface area contributed by atoms with Crippen LogP contribution in [0.4, 0.5) is 5.00 Å². The molecule has 2 N–H and O–H groups in total. The number of esters is 1. The Morgan fingerprint density at radius 2 is 2.27 bits per heavy atom. The summed E-state index contributed by atoms with van der Waals surface area (Å²) >= 11 is 1.25. The number of ether oxygens (including phenoxy) is 1. The summed E-state index contributed by atoms with van der Waals surface area (Å²) in [5, 5.41) is 1.20. The molecule has 0 saturated carbocycles. The molecule has 1 aromatic heterocycles. The van der Waals surface area contributed by atoms with Gasteiger partial charge in [-0.25, -0.2) is 0 Å². The van der Waals surface area contributed by atoms with Gasteiger partial charge in [0.1, 0.15) is 0 Å². The van der Waals surface area contributed by atoms with Crippen LogP contribution in [-0.2, 0) is 4.79 Å². The largest absolute Gasteiger partial charge is 0.416 e. The summed E-state index contributed by atoms with van der Waals surface area (Å²) in [5.41, 5.74) is 5.38. The highest BCUT2D eigenvalue weighted by atomic mass is 35.5. The van der Waals surface area contributed by atoms with Crippen molar-refractivity contribution in [1.82, 2.24) is 0 Å². The van der Waals surface area contributed by atoms with E-state index in [0.717, 1.165) is 0 Å². The number of halogens is 1. The van der Waals surface area contributed by atoms with Gasteiger partial charge in [-0.1, -0.05) is 11.3 Å². The molecule has 11 heavy (non-hydrogen) atoms. The lowest BCUT2D eigenvalue weighted by Crippen LogP contribution is -1.98. The Hall–Kier alpha value is -0.740. The monoisotopic (exact) mass is 193 g/mol. The van der Waals surface area contributed by atoms with Crippen molar-refractivity contribution in [2.75, 3.05) is 5.73 Å². The number of rotatable bonds is 1. The first-order valence-electron chi connectivity index (χ1n) is 2.72. The molecule has 0 unspecified atom stereocenters. The molecule has 0 spiro atoms. The molecular formula is C6H8ClNO2S.